The van der Waals surface area contributed by atoms with Gasteiger partial charge in [0.15, 0.2) is 0 Å². The highest BCUT2D eigenvalue weighted by Crippen LogP contribution is 2.36. The summed E-state index contributed by atoms with van der Waals surface area (Å²) in [5.41, 5.74) is 6.78. The molecule has 2 N–H and O–H groups in total. The number of halogens is 1. The number of amides is 1. The molecule has 0 saturated carbocycles. The number of benzene rings is 1. The molecule has 1 heterocycles. The Morgan fingerprint density at radius 2 is 2.15 bits per heavy atom. The molecule has 1 aromatic heterocycles. The van der Waals surface area contributed by atoms with Gasteiger partial charge >= 0.3 is 0 Å². The first kappa shape index (κ1) is 15.3. The van der Waals surface area contributed by atoms with Crippen LogP contribution in [0.4, 0.5) is 5.69 Å². The Labute approximate surface area is 131 Å². The molecule has 1 amide bonds. The normalized spacial score (nSPS) is 10.9. The number of nitrogens with zero attached hydrogens (tertiary/aromatic N) is 1. The van der Waals surface area contributed by atoms with Gasteiger partial charge in [-0.1, -0.05) is 29.3 Å². The third-order valence-corrected chi connectivity index (χ3v) is 5.00. The number of hydrogen-bond acceptors (Lipinski definition) is 3. The summed E-state index contributed by atoms with van der Waals surface area (Å²) in [4.78, 5) is 15.1. The Hall–Kier alpha value is -1.07. The van der Waals surface area contributed by atoms with Crippen LogP contribution in [0.15, 0.2) is 22.7 Å². The number of nitrogen functional groups attached to an aromatic ring is 1. The fraction of sp³-hybridized carbons (Fsp3) is 0.400. The number of fused-ring (bicyclic) bond motifs is 1. The van der Waals surface area contributed by atoms with Gasteiger partial charge in [0.2, 0.25) is 0 Å². The maximum absolute atomic E-state index is 12.6. The van der Waals surface area contributed by atoms with E-state index in [-0.39, 0.29) is 5.91 Å². The maximum atomic E-state index is 12.6. The topological polar surface area (TPSA) is 46.3 Å². The van der Waals surface area contributed by atoms with Crippen LogP contribution in [0.25, 0.3) is 10.1 Å². The van der Waals surface area contributed by atoms with Gasteiger partial charge < -0.3 is 10.6 Å². The molecule has 0 fully saturated rings. The predicted octanol–water partition coefficient (Wildman–Crippen LogP) is 4.51. The quantitative estimate of drug-likeness (QED) is 0.858. The first-order valence-electron chi connectivity index (χ1n) is 6.85. The fourth-order valence-electron chi connectivity index (χ4n) is 2.14. The van der Waals surface area contributed by atoms with Crippen LogP contribution >= 0.6 is 27.3 Å². The number of nitrogens with two attached hydrogens (primary N) is 1. The second-order valence-electron chi connectivity index (χ2n) is 4.72. The lowest BCUT2D eigenvalue weighted by Gasteiger charge is -2.20. The highest BCUT2D eigenvalue weighted by molar-refractivity contribution is 9.10. The van der Waals surface area contributed by atoms with Crippen molar-refractivity contribution in [3.63, 3.8) is 0 Å². The van der Waals surface area contributed by atoms with E-state index in [9.17, 15) is 4.79 Å². The van der Waals surface area contributed by atoms with Crippen LogP contribution in [0.1, 0.15) is 36.4 Å². The number of thiophene rings is 1. The standard InChI is InChI=1S/C15H19BrN2OS/c1-3-5-8-18(4-2)15(19)14-13(17)11-9-10(16)6-7-12(11)20-14/h6-7,9H,3-5,8,17H2,1-2H3. The van der Waals surface area contributed by atoms with Gasteiger partial charge in [-0.3, -0.25) is 4.79 Å². The summed E-state index contributed by atoms with van der Waals surface area (Å²) in [7, 11) is 0. The Balaban J connectivity index is 2.36. The number of carbonyl (C=O) groups excluding carboxylic acids is 1. The second-order valence-corrected chi connectivity index (χ2v) is 6.69. The Morgan fingerprint density at radius 3 is 2.80 bits per heavy atom. The minimum Gasteiger partial charge on any atom is -0.397 e. The van der Waals surface area contributed by atoms with Crippen LogP contribution < -0.4 is 5.73 Å². The van der Waals surface area contributed by atoms with Gasteiger partial charge in [0.05, 0.1) is 5.69 Å². The van der Waals surface area contributed by atoms with E-state index in [1.165, 1.54) is 11.3 Å². The summed E-state index contributed by atoms with van der Waals surface area (Å²) in [5.74, 6) is 0.0516. The van der Waals surface area contributed by atoms with Gasteiger partial charge in [0.25, 0.3) is 5.91 Å². The van der Waals surface area contributed by atoms with Crippen molar-refractivity contribution in [3.8, 4) is 0 Å². The van der Waals surface area contributed by atoms with Crippen molar-refractivity contribution in [3.05, 3.63) is 27.5 Å². The van der Waals surface area contributed by atoms with Crippen molar-refractivity contribution >= 4 is 48.9 Å². The monoisotopic (exact) mass is 354 g/mol. The summed E-state index contributed by atoms with van der Waals surface area (Å²) in [6.45, 7) is 5.65. The van der Waals surface area contributed by atoms with E-state index < -0.39 is 0 Å². The SMILES string of the molecule is CCCCN(CC)C(=O)c1sc2ccc(Br)cc2c1N. The molecule has 20 heavy (non-hydrogen) atoms. The van der Waals surface area contributed by atoms with Crippen molar-refractivity contribution in [1.29, 1.82) is 0 Å². The lowest BCUT2D eigenvalue weighted by Crippen LogP contribution is -2.31. The molecule has 0 unspecified atom stereocenters. The molecule has 108 valence electrons. The van der Waals surface area contributed by atoms with E-state index in [0.29, 0.717) is 10.6 Å². The molecule has 0 atom stereocenters. The van der Waals surface area contributed by atoms with Gasteiger partial charge in [-0.15, -0.1) is 11.3 Å². The van der Waals surface area contributed by atoms with Crippen molar-refractivity contribution in [1.82, 2.24) is 4.90 Å². The first-order chi connectivity index (χ1) is 9.58. The highest BCUT2D eigenvalue weighted by atomic mass is 79.9. The van der Waals surface area contributed by atoms with Crippen LogP contribution in [-0.2, 0) is 0 Å². The molecule has 2 rings (SSSR count). The molecule has 0 bridgehead atoms. The molecule has 0 radical (unpaired) electrons. The van der Waals surface area contributed by atoms with Crippen molar-refractivity contribution < 1.29 is 4.79 Å². The van der Waals surface area contributed by atoms with Crippen molar-refractivity contribution in [2.45, 2.75) is 26.7 Å². The minimum atomic E-state index is 0.0516. The Morgan fingerprint density at radius 1 is 1.40 bits per heavy atom. The third kappa shape index (κ3) is 2.99. The molecular formula is C15H19BrN2OS. The van der Waals surface area contributed by atoms with Crippen LogP contribution in [0, 0.1) is 0 Å². The number of hydrogen-bond donors (Lipinski definition) is 1. The zero-order valence-corrected chi connectivity index (χ0v) is 14.2. The Bertz CT molecular complexity index is 624. The predicted molar refractivity (Wildman–Crippen MR) is 90.4 cm³/mol. The van der Waals surface area contributed by atoms with E-state index in [2.05, 4.69) is 22.9 Å². The molecule has 0 aliphatic rings. The summed E-state index contributed by atoms with van der Waals surface area (Å²) >= 11 is 4.92. The fourth-order valence-corrected chi connectivity index (χ4v) is 3.58. The zero-order valence-electron chi connectivity index (χ0n) is 11.8. The largest absolute Gasteiger partial charge is 0.397 e. The lowest BCUT2D eigenvalue weighted by atomic mass is 10.2. The molecule has 0 aliphatic heterocycles. The Kier molecular flexibility index (Phi) is 5.05. The highest BCUT2D eigenvalue weighted by Gasteiger charge is 2.20. The summed E-state index contributed by atoms with van der Waals surface area (Å²) in [6, 6.07) is 5.95. The minimum absolute atomic E-state index is 0.0516. The van der Waals surface area contributed by atoms with Crippen molar-refractivity contribution in [2.75, 3.05) is 18.8 Å². The molecule has 1 aromatic carbocycles. The zero-order chi connectivity index (χ0) is 14.7. The summed E-state index contributed by atoms with van der Waals surface area (Å²) in [6.07, 6.45) is 2.11. The second kappa shape index (κ2) is 6.59. The van der Waals surface area contributed by atoms with E-state index in [1.54, 1.807) is 0 Å². The molecule has 3 nitrogen and oxygen atoms in total. The van der Waals surface area contributed by atoms with Crippen LogP contribution in [0.2, 0.25) is 0 Å². The number of anilines is 1. The van der Waals surface area contributed by atoms with E-state index in [1.807, 2.05) is 30.0 Å². The average molecular weight is 355 g/mol. The molecule has 0 spiro atoms. The van der Waals surface area contributed by atoms with Crippen LogP contribution in [0.3, 0.4) is 0 Å². The van der Waals surface area contributed by atoms with E-state index in [0.717, 1.165) is 40.5 Å². The van der Waals surface area contributed by atoms with E-state index >= 15 is 0 Å². The van der Waals surface area contributed by atoms with Gasteiger partial charge in [-0.05, 0) is 31.5 Å². The number of rotatable bonds is 5. The van der Waals surface area contributed by atoms with Crippen LogP contribution in [-0.4, -0.2) is 23.9 Å². The van der Waals surface area contributed by atoms with Crippen LogP contribution in [0.5, 0.6) is 0 Å². The summed E-state index contributed by atoms with van der Waals surface area (Å²) < 4.78 is 2.03. The molecule has 5 heteroatoms. The molecule has 0 saturated heterocycles. The molecular weight excluding hydrogens is 336 g/mol. The smallest absolute Gasteiger partial charge is 0.266 e. The average Bonchev–Trinajstić information content (AvgIpc) is 2.76. The number of unbranched alkanes of at least 4 members (excludes halogenated alkanes) is 1. The first-order valence-corrected chi connectivity index (χ1v) is 8.46. The van der Waals surface area contributed by atoms with Crippen molar-refractivity contribution in [2.24, 2.45) is 0 Å². The van der Waals surface area contributed by atoms with Gasteiger partial charge in [0, 0.05) is 27.6 Å². The van der Waals surface area contributed by atoms with Gasteiger partial charge in [0.1, 0.15) is 4.88 Å². The van der Waals surface area contributed by atoms with E-state index in [4.69, 9.17) is 5.73 Å². The van der Waals surface area contributed by atoms with Gasteiger partial charge in [-0.2, -0.15) is 0 Å². The maximum Gasteiger partial charge on any atom is 0.266 e. The lowest BCUT2D eigenvalue weighted by molar-refractivity contribution is 0.0768. The third-order valence-electron chi connectivity index (χ3n) is 3.33. The van der Waals surface area contributed by atoms with Gasteiger partial charge in [-0.25, -0.2) is 0 Å². The molecule has 2 aromatic rings. The summed E-state index contributed by atoms with van der Waals surface area (Å²) in [5, 5.41) is 0.958. The molecule has 0 aliphatic carbocycles. The number of carbonyl (C=O) groups is 1.